The van der Waals surface area contributed by atoms with Gasteiger partial charge in [-0.3, -0.25) is 9.69 Å². The fourth-order valence-corrected chi connectivity index (χ4v) is 5.37. The number of aliphatic hydroxyl groups is 1. The molecule has 0 atom stereocenters. The third-order valence-corrected chi connectivity index (χ3v) is 7.58. The predicted molar refractivity (Wildman–Crippen MR) is 163 cm³/mol. The molecule has 12 heteroatoms. The van der Waals surface area contributed by atoms with E-state index >= 15 is 0 Å². The van der Waals surface area contributed by atoms with Gasteiger partial charge < -0.3 is 35.1 Å². The number of carbonyl (C=O) groups is 1. The normalized spacial score (nSPS) is 16.7. The molecular formula is C29H42ClN7O4. The fourth-order valence-electron chi connectivity index (χ4n) is 5.14. The maximum Gasteiger partial charge on any atom is 0.253 e. The number of nitrogens with zero attached hydrogens (tertiary/aromatic N) is 4. The Morgan fingerprint density at radius 2 is 1.88 bits per heavy atom. The minimum Gasteiger partial charge on any atom is -0.495 e. The van der Waals surface area contributed by atoms with Crippen LogP contribution >= 0.6 is 11.6 Å². The summed E-state index contributed by atoms with van der Waals surface area (Å²) in [6, 6.07) is 5.96. The van der Waals surface area contributed by atoms with Crippen LogP contribution in [0.4, 0.5) is 17.5 Å². The summed E-state index contributed by atoms with van der Waals surface area (Å²) in [6.45, 7) is 12.2. The molecule has 11 nitrogen and oxygen atoms in total. The number of morpholine rings is 1. The Bertz CT molecular complexity index is 1310. The average molecular weight is 588 g/mol. The minimum atomic E-state index is 0.0210. The smallest absolute Gasteiger partial charge is 0.253 e. The summed E-state index contributed by atoms with van der Waals surface area (Å²) in [5.74, 6) is 1.60. The second-order valence-electron chi connectivity index (χ2n) is 11.4. The van der Waals surface area contributed by atoms with E-state index < -0.39 is 0 Å². The second-order valence-corrected chi connectivity index (χ2v) is 11.8. The number of fused-ring (bicyclic) bond motifs is 1. The number of likely N-dealkylation sites (tertiary alicyclic amines) is 1. The summed E-state index contributed by atoms with van der Waals surface area (Å²) in [7, 11) is 2.59. The lowest BCUT2D eigenvalue weighted by Gasteiger charge is -2.40. The largest absolute Gasteiger partial charge is 0.495 e. The lowest BCUT2D eigenvalue weighted by atomic mass is 9.97. The SMILES string of the molecule is CO.COc1cc(C(=O)N2CCC(N3CCOCC3)CC2)ccc1Nc1nc(NCC(C)(C)C)c2c(Cl)c[nH]c2n1. The van der Waals surface area contributed by atoms with Gasteiger partial charge in [0.1, 0.15) is 17.2 Å². The number of halogens is 1. The Kier molecular flexibility index (Phi) is 10.3. The molecule has 2 aromatic heterocycles. The van der Waals surface area contributed by atoms with Crippen LogP contribution in [0.2, 0.25) is 5.02 Å². The van der Waals surface area contributed by atoms with E-state index in [-0.39, 0.29) is 11.3 Å². The second kappa shape index (κ2) is 13.7. The first-order valence-electron chi connectivity index (χ1n) is 14.0. The van der Waals surface area contributed by atoms with Gasteiger partial charge in [-0.1, -0.05) is 32.4 Å². The van der Waals surface area contributed by atoms with Gasteiger partial charge in [0.25, 0.3) is 5.91 Å². The van der Waals surface area contributed by atoms with Crippen LogP contribution in [0, 0.1) is 5.41 Å². The molecule has 0 radical (unpaired) electrons. The molecule has 5 rings (SSSR count). The zero-order valence-corrected chi connectivity index (χ0v) is 25.3. The van der Waals surface area contributed by atoms with E-state index in [1.54, 1.807) is 19.4 Å². The molecule has 2 aliphatic heterocycles. The molecule has 3 aromatic rings. The molecule has 2 saturated heterocycles. The average Bonchev–Trinajstić information content (AvgIpc) is 3.37. The molecule has 0 aliphatic carbocycles. The highest BCUT2D eigenvalue weighted by atomic mass is 35.5. The van der Waals surface area contributed by atoms with Crippen LogP contribution in [0.1, 0.15) is 44.0 Å². The molecule has 4 N–H and O–H groups in total. The quantitative estimate of drug-likeness (QED) is 0.318. The third-order valence-electron chi connectivity index (χ3n) is 7.28. The first-order valence-corrected chi connectivity index (χ1v) is 14.4. The number of aromatic amines is 1. The van der Waals surface area contributed by atoms with Gasteiger partial charge in [-0.2, -0.15) is 9.97 Å². The number of anilines is 3. The van der Waals surface area contributed by atoms with Crippen molar-refractivity contribution in [3.8, 4) is 5.75 Å². The van der Waals surface area contributed by atoms with Crippen molar-refractivity contribution >= 4 is 46.0 Å². The van der Waals surface area contributed by atoms with Crippen LogP contribution in [-0.2, 0) is 4.74 Å². The van der Waals surface area contributed by atoms with Gasteiger partial charge in [-0.15, -0.1) is 0 Å². The number of carbonyl (C=O) groups excluding carboxylic acids is 1. The van der Waals surface area contributed by atoms with Crippen LogP contribution in [0.15, 0.2) is 24.4 Å². The monoisotopic (exact) mass is 587 g/mol. The summed E-state index contributed by atoms with van der Waals surface area (Å²) >= 11 is 6.41. The van der Waals surface area contributed by atoms with E-state index in [9.17, 15) is 4.79 Å². The molecule has 2 aliphatic rings. The summed E-state index contributed by atoms with van der Waals surface area (Å²) in [6.07, 6.45) is 3.67. The van der Waals surface area contributed by atoms with Crippen molar-refractivity contribution in [2.75, 3.05) is 70.8 Å². The molecule has 41 heavy (non-hydrogen) atoms. The number of hydrogen-bond acceptors (Lipinski definition) is 9. The molecule has 4 heterocycles. The summed E-state index contributed by atoms with van der Waals surface area (Å²) < 4.78 is 11.1. The number of hydrogen-bond donors (Lipinski definition) is 4. The van der Waals surface area contributed by atoms with Crippen molar-refractivity contribution < 1.29 is 19.4 Å². The number of H-pyrrole nitrogens is 1. The van der Waals surface area contributed by atoms with Crippen LogP contribution in [0.25, 0.3) is 11.0 Å². The number of piperidine rings is 1. The Hall–Kier alpha value is -3.12. The minimum absolute atomic E-state index is 0.0210. The molecule has 2 fully saturated rings. The molecule has 0 saturated carbocycles. The van der Waals surface area contributed by atoms with Crippen LogP contribution in [0.5, 0.6) is 5.75 Å². The zero-order chi connectivity index (χ0) is 29.6. The van der Waals surface area contributed by atoms with Crippen molar-refractivity contribution in [2.45, 2.75) is 39.7 Å². The maximum absolute atomic E-state index is 13.3. The highest BCUT2D eigenvalue weighted by Gasteiger charge is 2.28. The summed E-state index contributed by atoms with van der Waals surface area (Å²) in [4.78, 5) is 30.2. The van der Waals surface area contributed by atoms with E-state index in [0.29, 0.717) is 52.0 Å². The molecule has 1 amide bonds. The molecule has 0 spiro atoms. The van der Waals surface area contributed by atoms with E-state index in [4.69, 9.17) is 31.2 Å². The van der Waals surface area contributed by atoms with E-state index in [1.165, 1.54) is 0 Å². The van der Waals surface area contributed by atoms with Crippen LogP contribution in [0.3, 0.4) is 0 Å². The van der Waals surface area contributed by atoms with Crippen molar-refractivity contribution in [3.05, 3.63) is 35.0 Å². The van der Waals surface area contributed by atoms with Crippen molar-refractivity contribution in [1.82, 2.24) is 24.8 Å². The summed E-state index contributed by atoms with van der Waals surface area (Å²) in [5.41, 5.74) is 1.94. The van der Waals surface area contributed by atoms with Gasteiger partial charge in [-0.25, -0.2) is 0 Å². The lowest BCUT2D eigenvalue weighted by Crippen LogP contribution is -2.50. The molecule has 1 aromatic carbocycles. The van der Waals surface area contributed by atoms with E-state index in [1.807, 2.05) is 17.0 Å². The van der Waals surface area contributed by atoms with Crippen LogP contribution in [-0.4, -0.2) is 102 Å². The number of benzene rings is 1. The van der Waals surface area contributed by atoms with Crippen molar-refractivity contribution in [2.24, 2.45) is 5.41 Å². The lowest BCUT2D eigenvalue weighted by molar-refractivity contribution is 0.00159. The van der Waals surface area contributed by atoms with Crippen LogP contribution < -0.4 is 15.4 Å². The van der Waals surface area contributed by atoms with Gasteiger partial charge in [-0.05, 0) is 36.5 Å². The molecule has 0 unspecified atom stereocenters. The van der Waals surface area contributed by atoms with Gasteiger partial charge in [0.15, 0.2) is 0 Å². The zero-order valence-electron chi connectivity index (χ0n) is 24.6. The van der Waals surface area contributed by atoms with E-state index in [2.05, 4.69) is 46.3 Å². The predicted octanol–water partition coefficient (Wildman–Crippen LogP) is 4.37. The third kappa shape index (κ3) is 7.59. The first kappa shape index (κ1) is 30.8. The first-order chi connectivity index (χ1) is 19.7. The number of aliphatic hydroxyl groups excluding tert-OH is 1. The topological polar surface area (TPSA) is 128 Å². The highest BCUT2D eigenvalue weighted by Crippen LogP contribution is 2.33. The Morgan fingerprint density at radius 1 is 1.17 bits per heavy atom. The van der Waals surface area contributed by atoms with Gasteiger partial charge >= 0.3 is 0 Å². The Balaban J connectivity index is 0.00000189. The molecule has 0 bridgehead atoms. The summed E-state index contributed by atoms with van der Waals surface area (Å²) in [5, 5.41) is 15.0. The standard InChI is InChI=1S/C28H38ClN7O3.CH4O/c1-28(2,3)17-31-25-23-20(29)16-30-24(23)33-27(34-25)32-21-6-5-18(15-22(21)38-4)26(37)36-9-7-19(8-10-36)35-11-13-39-14-12-35;1-2/h5-6,15-16,19H,7-14,17H2,1-4H3,(H3,30,31,32,33,34);2H,1H3. The maximum atomic E-state index is 13.3. The van der Waals surface area contributed by atoms with Crippen molar-refractivity contribution in [3.63, 3.8) is 0 Å². The number of amides is 1. The molecule has 224 valence electrons. The van der Waals surface area contributed by atoms with Crippen molar-refractivity contribution in [1.29, 1.82) is 0 Å². The Labute approximate surface area is 246 Å². The Morgan fingerprint density at radius 3 is 2.54 bits per heavy atom. The van der Waals surface area contributed by atoms with E-state index in [0.717, 1.165) is 64.7 Å². The van der Waals surface area contributed by atoms with Gasteiger partial charge in [0.2, 0.25) is 5.95 Å². The number of ether oxygens (including phenoxy) is 2. The number of rotatable bonds is 7. The number of nitrogens with one attached hydrogen (secondary N) is 3. The van der Waals surface area contributed by atoms with Gasteiger partial charge in [0.05, 0.1) is 36.4 Å². The molecular weight excluding hydrogens is 546 g/mol. The number of aromatic nitrogens is 3. The van der Waals surface area contributed by atoms with Gasteiger partial charge in [0, 0.05) is 57.6 Å². The highest BCUT2D eigenvalue weighted by molar-refractivity contribution is 6.36. The number of methoxy groups -OCH3 is 1. The fraction of sp³-hybridized carbons (Fsp3) is 0.552.